The van der Waals surface area contributed by atoms with Gasteiger partial charge in [0.1, 0.15) is 0 Å². The summed E-state index contributed by atoms with van der Waals surface area (Å²) in [4.78, 5) is 0. The first-order chi connectivity index (χ1) is 12.6. The van der Waals surface area contributed by atoms with Gasteiger partial charge in [0, 0.05) is 0 Å². The Balaban J connectivity index is 0.00000140. The molecule has 0 aliphatic heterocycles. The molecule has 1 atom stereocenters. The van der Waals surface area contributed by atoms with Crippen molar-refractivity contribution in [3.8, 4) is 22.3 Å². The molecule has 4 rings (SSSR count). The topological polar surface area (TPSA) is 0 Å². The van der Waals surface area contributed by atoms with E-state index in [9.17, 15) is 0 Å². The first kappa shape index (κ1) is 26.5. The number of unbranched alkanes of at least 4 members (excludes halogenated alkanes) is 1. The van der Waals surface area contributed by atoms with Gasteiger partial charge in [-0.05, 0) is 0 Å². The second-order valence-electron chi connectivity index (χ2n) is 7.54. The Labute approximate surface area is 208 Å². The van der Waals surface area contributed by atoms with Gasteiger partial charge < -0.3 is 37.2 Å². The Morgan fingerprint density at radius 1 is 0.897 bits per heavy atom. The van der Waals surface area contributed by atoms with Crippen molar-refractivity contribution in [3.05, 3.63) is 77.4 Å². The third-order valence-corrected chi connectivity index (χ3v) is 8.05. The Morgan fingerprint density at radius 3 is 2.17 bits per heavy atom. The van der Waals surface area contributed by atoms with Crippen LogP contribution in [0.5, 0.6) is 0 Å². The molecule has 0 saturated carbocycles. The molecule has 0 amide bonds. The van der Waals surface area contributed by atoms with E-state index in [1.807, 2.05) is 0 Å². The molecular formula is C24H25Cl3SiTi. The smallest absolute Gasteiger partial charge is 1.00 e. The van der Waals surface area contributed by atoms with Crippen molar-refractivity contribution in [1.29, 1.82) is 0 Å². The van der Waals surface area contributed by atoms with E-state index in [4.69, 9.17) is 0 Å². The predicted molar refractivity (Wildman–Crippen MR) is 112 cm³/mol. The summed E-state index contributed by atoms with van der Waals surface area (Å²) in [6, 6.07) is 22.5. The van der Waals surface area contributed by atoms with Crippen molar-refractivity contribution < 1.29 is 57.7 Å². The summed E-state index contributed by atoms with van der Waals surface area (Å²) in [7, 11) is 1.07. The number of hydrogen-bond acceptors (Lipinski definition) is 0. The monoisotopic (exact) mass is 494 g/mol. The maximum Gasteiger partial charge on any atom is -1.00 e. The zero-order chi connectivity index (χ0) is 18.3. The number of hydrogen-bond donors (Lipinski definition) is 0. The van der Waals surface area contributed by atoms with Crippen LogP contribution < -0.4 is 42.4 Å². The number of halogens is 3. The van der Waals surface area contributed by atoms with E-state index in [0.29, 0.717) is 0 Å². The maximum atomic E-state index is 2.48. The summed E-state index contributed by atoms with van der Waals surface area (Å²) >= 11 is 2.48. The van der Waals surface area contributed by atoms with Crippen molar-refractivity contribution in [2.75, 3.05) is 0 Å². The second kappa shape index (κ2) is 10.7. The first-order valence-electron chi connectivity index (χ1n) is 9.63. The van der Waals surface area contributed by atoms with Crippen molar-refractivity contribution in [2.45, 2.75) is 36.8 Å². The molecule has 1 aliphatic rings. The molecule has 3 aromatic carbocycles. The predicted octanol–water partition coefficient (Wildman–Crippen LogP) is -4.37. The van der Waals surface area contributed by atoms with Gasteiger partial charge in [0.15, 0.2) is 0 Å². The van der Waals surface area contributed by atoms with Gasteiger partial charge in [0.2, 0.25) is 0 Å². The van der Waals surface area contributed by atoms with Gasteiger partial charge in [-0.3, -0.25) is 0 Å². The van der Waals surface area contributed by atoms with E-state index in [2.05, 4.69) is 94.9 Å². The summed E-state index contributed by atoms with van der Waals surface area (Å²) in [6.07, 6.45) is 3.76. The molecule has 3 aromatic rings. The Bertz CT molecular complexity index is 975. The zero-order valence-corrected chi connectivity index (χ0v) is 22.9. The van der Waals surface area contributed by atoms with Gasteiger partial charge in [-0.2, -0.15) is 0 Å². The van der Waals surface area contributed by atoms with Crippen molar-refractivity contribution in [3.63, 3.8) is 0 Å². The van der Waals surface area contributed by atoms with Crippen molar-refractivity contribution in [1.82, 2.24) is 0 Å². The van der Waals surface area contributed by atoms with Crippen LogP contribution in [0, 0.1) is 6.92 Å². The van der Waals surface area contributed by atoms with Gasteiger partial charge in [-0.1, -0.05) is 0 Å². The van der Waals surface area contributed by atoms with Crippen LogP contribution in [0.1, 0.15) is 42.9 Å². The van der Waals surface area contributed by atoms with Crippen LogP contribution >= 0.6 is 0 Å². The van der Waals surface area contributed by atoms with Crippen LogP contribution in [0.15, 0.2) is 60.7 Å². The number of benzene rings is 3. The summed E-state index contributed by atoms with van der Waals surface area (Å²) < 4.78 is 0.149. The third kappa shape index (κ3) is 4.42. The SMILES string of the molecule is CCCC[C]1([Ti+3])c2ccccc2-c2cc(C)c(-c3ccccc3)c([SiH3])c21.[Cl-].[Cl-].[Cl-]. The third-order valence-electron chi connectivity index (χ3n) is 5.85. The van der Waals surface area contributed by atoms with Gasteiger partial charge in [0.05, 0.1) is 0 Å². The van der Waals surface area contributed by atoms with Crippen LogP contribution in [0.3, 0.4) is 0 Å². The fraction of sp³-hybridized carbons (Fsp3) is 0.250. The number of aryl methyl sites for hydroxylation is 1. The second-order valence-corrected chi connectivity index (χ2v) is 9.87. The molecule has 0 saturated heterocycles. The molecule has 0 bridgehead atoms. The standard InChI is InChI=1S/C24H25Si.3ClH.Ti/c1-3-4-12-20-18-13-8-9-14-19(18)21-15-16(2)22(24(25)23(20)21)17-10-6-5-7-11-17;;;;/h5-11,13-15H,3-4,12H2,1-2,25H3;3*1H;/q;;;;+3/p-3. The molecule has 29 heavy (non-hydrogen) atoms. The average molecular weight is 496 g/mol. The van der Waals surface area contributed by atoms with Gasteiger partial charge in [-0.15, -0.1) is 0 Å². The molecule has 0 nitrogen and oxygen atoms in total. The molecule has 0 fully saturated rings. The first-order valence-corrected chi connectivity index (χ1v) is 11.4. The van der Waals surface area contributed by atoms with Gasteiger partial charge >= 0.3 is 172 Å². The van der Waals surface area contributed by atoms with Crippen LogP contribution in [-0.2, 0) is 24.2 Å². The fourth-order valence-corrected chi connectivity index (χ4v) is 7.61. The molecule has 150 valence electrons. The van der Waals surface area contributed by atoms with Crippen molar-refractivity contribution >= 4 is 15.4 Å². The maximum absolute atomic E-state index is 2.48. The molecule has 5 heteroatoms. The molecule has 0 aromatic heterocycles. The average Bonchev–Trinajstić information content (AvgIpc) is 2.90. The Kier molecular flexibility index (Phi) is 9.74. The van der Waals surface area contributed by atoms with E-state index >= 15 is 0 Å². The Hall–Kier alpha value is -0.539. The van der Waals surface area contributed by atoms with Crippen LogP contribution in [0.25, 0.3) is 22.3 Å². The van der Waals surface area contributed by atoms with Gasteiger partial charge in [0.25, 0.3) is 0 Å². The summed E-state index contributed by atoms with van der Waals surface area (Å²) in [5, 5.41) is 1.60. The van der Waals surface area contributed by atoms with Crippen LogP contribution in [0.2, 0.25) is 0 Å². The molecule has 0 heterocycles. The molecule has 1 aliphatic carbocycles. The van der Waals surface area contributed by atoms with E-state index < -0.39 is 0 Å². The number of fused-ring (bicyclic) bond motifs is 3. The van der Waals surface area contributed by atoms with Crippen molar-refractivity contribution in [2.24, 2.45) is 0 Å². The zero-order valence-electron chi connectivity index (χ0n) is 17.0. The summed E-state index contributed by atoms with van der Waals surface area (Å²) in [5.74, 6) is 0. The minimum Gasteiger partial charge on any atom is -1.00 e. The van der Waals surface area contributed by atoms with Crippen LogP contribution in [0.4, 0.5) is 0 Å². The molecular weight excluding hydrogens is 471 g/mol. The van der Waals surface area contributed by atoms with E-state index in [1.54, 1.807) is 10.8 Å². The number of rotatable bonds is 4. The van der Waals surface area contributed by atoms with Crippen LogP contribution in [-0.4, -0.2) is 10.2 Å². The van der Waals surface area contributed by atoms with E-state index in [-0.39, 0.29) is 40.9 Å². The van der Waals surface area contributed by atoms with Gasteiger partial charge in [-0.25, -0.2) is 0 Å². The summed E-state index contributed by atoms with van der Waals surface area (Å²) in [6.45, 7) is 4.59. The minimum absolute atomic E-state index is 0. The molecule has 1 unspecified atom stereocenters. The molecule has 0 N–H and O–H groups in total. The Morgan fingerprint density at radius 2 is 1.52 bits per heavy atom. The molecule has 0 spiro atoms. The summed E-state index contributed by atoms with van der Waals surface area (Å²) in [5.41, 5.74) is 10.4. The fourth-order valence-electron chi connectivity index (χ4n) is 4.72. The van der Waals surface area contributed by atoms with E-state index in [0.717, 1.165) is 10.2 Å². The largest absolute Gasteiger partial charge is 1.00 e. The normalized spacial score (nSPS) is 16.1. The minimum atomic E-state index is 0. The van der Waals surface area contributed by atoms with E-state index in [1.165, 1.54) is 52.6 Å². The quantitative estimate of drug-likeness (QED) is 0.321. The molecule has 0 radical (unpaired) electrons.